The van der Waals surface area contributed by atoms with E-state index in [4.69, 9.17) is 14.2 Å². The number of rotatable bonds is 8. The van der Waals surface area contributed by atoms with Gasteiger partial charge in [0.25, 0.3) is 5.91 Å². The number of para-hydroxylation sites is 1. The van der Waals surface area contributed by atoms with Gasteiger partial charge >= 0.3 is 5.97 Å². The molecule has 1 aromatic heterocycles. The number of amides is 1. The third-order valence-corrected chi connectivity index (χ3v) is 3.91. The van der Waals surface area contributed by atoms with Crippen LogP contribution in [0.2, 0.25) is 0 Å². The number of nitrogens with one attached hydrogen (secondary N) is 1. The average Bonchev–Trinajstić information content (AvgIpc) is 3.14. The molecule has 1 atom stereocenters. The van der Waals surface area contributed by atoms with Crippen molar-refractivity contribution in [3.63, 3.8) is 0 Å². The molecule has 1 N–H and O–H groups in total. The van der Waals surface area contributed by atoms with E-state index in [0.29, 0.717) is 22.9 Å². The second kappa shape index (κ2) is 9.59. The molecule has 1 aromatic carbocycles. The molecule has 0 aliphatic rings. The van der Waals surface area contributed by atoms with Gasteiger partial charge in [0.2, 0.25) is 0 Å². The summed E-state index contributed by atoms with van der Waals surface area (Å²) in [6.45, 7) is 5.40. The third kappa shape index (κ3) is 5.12. The number of benzene rings is 1. The fraction of sp³-hybridized carbons (Fsp3) is 0.350. The van der Waals surface area contributed by atoms with Crippen LogP contribution in [-0.2, 0) is 14.3 Å². The van der Waals surface area contributed by atoms with Crippen LogP contribution in [0.3, 0.4) is 0 Å². The van der Waals surface area contributed by atoms with Crippen LogP contribution in [0.1, 0.15) is 32.4 Å². The van der Waals surface area contributed by atoms with Crippen molar-refractivity contribution in [3.05, 3.63) is 42.1 Å². The molecule has 0 saturated heterocycles. The molecule has 0 radical (unpaired) electrons. The van der Waals surface area contributed by atoms with Crippen LogP contribution in [0, 0.1) is 0 Å². The maximum absolute atomic E-state index is 12.3. The van der Waals surface area contributed by atoms with Crippen LogP contribution in [0.4, 0.5) is 5.82 Å². The summed E-state index contributed by atoms with van der Waals surface area (Å²) in [4.78, 5) is 24.4. The number of anilines is 1. The highest BCUT2D eigenvalue weighted by molar-refractivity contribution is 5.96. The summed E-state index contributed by atoms with van der Waals surface area (Å²) in [7, 11) is 3.05. The Labute approximate surface area is 164 Å². The summed E-state index contributed by atoms with van der Waals surface area (Å²) in [6, 6.07) is 7.07. The Hall–Kier alpha value is -3.29. The highest BCUT2D eigenvalue weighted by Gasteiger charge is 2.19. The first-order valence-electron chi connectivity index (χ1n) is 8.81. The van der Waals surface area contributed by atoms with E-state index in [2.05, 4.69) is 10.4 Å². The minimum atomic E-state index is -0.972. The predicted octanol–water partition coefficient (Wildman–Crippen LogP) is 3.06. The number of methoxy groups -OCH3 is 2. The zero-order valence-electron chi connectivity index (χ0n) is 16.6. The lowest BCUT2D eigenvalue weighted by Crippen LogP contribution is -2.30. The standard InChI is InChI=1S/C20H25N3O5/c1-13(2)23-17(11-12-21-23)22-20(25)14(3)28-18(24)10-9-15-7-6-8-16(26-4)19(15)27-5/h6-14H,1-5H3,(H,22,25)/b10-9+/t14-/m0/s1. The zero-order chi connectivity index (χ0) is 20.7. The van der Waals surface area contributed by atoms with Gasteiger partial charge in [0, 0.05) is 23.7 Å². The minimum absolute atomic E-state index is 0.0870. The number of aromatic nitrogens is 2. The van der Waals surface area contributed by atoms with Crippen molar-refractivity contribution in [1.29, 1.82) is 0 Å². The van der Waals surface area contributed by atoms with Gasteiger partial charge in [-0.25, -0.2) is 9.48 Å². The van der Waals surface area contributed by atoms with Crippen molar-refractivity contribution < 1.29 is 23.8 Å². The van der Waals surface area contributed by atoms with Gasteiger partial charge < -0.3 is 19.5 Å². The molecule has 8 nitrogen and oxygen atoms in total. The topological polar surface area (TPSA) is 91.7 Å². The van der Waals surface area contributed by atoms with Crippen LogP contribution in [0.5, 0.6) is 11.5 Å². The fourth-order valence-corrected chi connectivity index (χ4v) is 2.52. The number of carbonyl (C=O) groups is 2. The Kier molecular flexibility index (Phi) is 7.20. The molecule has 0 spiro atoms. The van der Waals surface area contributed by atoms with Gasteiger partial charge in [-0.05, 0) is 32.9 Å². The molecule has 28 heavy (non-hydrogen) atoms. The number of hydrogen-bond acceptors (Lipinski definition) is 6. The monoisotopic (exact) mass is 387 g/mol. The van der Waals surface area contributed by atoms with Gasteiger partial charge in [-0.1, -0.05) is 12.1 Å². The van der Waals surface area contributed by atoms with E-state index >= 15 is 0 Å². The number of carbonyl (C=O) groups excluding carboxylic acids is 2. The molecule has 0 unspecified atom stereocenters. The zero-order valence-corrected chi connectivity index (χ0v) is 16.6. The summed E-state index contributed by atoms with van der Waals surface area (Å²) in [6.07, 6.45) is 3.40. The maximum Gasteiger partial charge on any atom is 0.331 e. The number of hydrogen-bond donors (Lipinski definition) is 1. The first kappa shape index (κ1) is 21.0. The van der Waals surface area contributed by atoms with Crippen molar-refractivity contribution in [1.82, 2.24) is 9.78 Å². The van der Waals surface area contributed by atoms with Crippen molar-refractivity contribution in [3.8, 4) is 11.5 Å². The van der Waals surface area contributed by atoms with E-state index in [1.54, 1.807) is 41.2 Å². The second-order valence-electron chi connectivity index (χ2n) is 6.24. The van der Waals surface area contributed by atoms with Crippen LogP contribution in [-0.4, -0.2) is 42.0 Å². The average molecular weight is 387 g/mol. The van der Waals surface area contributed by atoms with Crippen molar-refractivity contribution in [2.24, 2.45) is 0 Å². The summed E-state index contributed by atoms with van der Waals surface area (Å²) < 4.78 is 17.4. The minimum Gasteiger partial charge on any atom is -0.493 e. The summed E-state index contributed by atoms with van der Waals surface area (Å²) >= 11 is 0. The lowest BCUT2D eigenvalue weighted by Gasteiger charge is -2.15. The Morgan fingerprint density at radius 3 is 2.54 bits per heavy atom. The van der Waals surface area contributed by atoms with E-state index in [1.807, 2.05) is 13.8 Å². The van der Waals surface area contributed by atoms with Crippen molar-refractivity contribution >= 4 is 23.8 Å². The number of nitrogens with zero attached hydrogens (tertiary/aromatic N) is 2. The highest BCUT2D eigenvalue weighted by Crippen LogP contribution is 2.31. The third-order valence-electron chi connectivity index (χ3n) is 3.91. The molecule has 2 rings (SSSR count). The summed E-state index contributed by atoms with van der Waals surface area (Å²) in [5.41, 5.74) is 0.650. The largest absolute Gasteiger partial charge is 0.493 e. The first-order valence-corrected chi connectivity index (χ1v) is 8.81. The number of ether oxygens (including phenoxy) is 3. The van der Waals surface area contributed by atoms with Crippen LogP contribution in [0.15, 0.2) is 36.5 Å². The van der Waals surface area contributed by atoms with E-state index in [0.717, 1.165) is 0 Å². The molecule has 0 aliphatic carbocycles. The summed E-state index contributed by atoms with van der Waals surface area (Å²) in [5.74, 6) is 0.502. The molecular weight excluding hydrogens is 362 g/mol. The lowest BCUT2D eigenvalue weighted by molar-refractivity contribution is -0.148. The van der Waals surface area contributed by atoms with E-state index in [-0.39, 0.29) is 6.04 Å². The van der Waals surface area contributed by atoms with Crippen LogP contribution < -0.4 is 14.8 Å². The predicted molar refractivity (Wildman–Crippen MR) is 105 cm³/mol. The van der Waals surface area contributed by atoms with Gasteiger partial charge in [0.15, 0.2) is 17.6 Å². The normalized spacial score (nSPS) is 12.1. The van der Waals surface area contributed by atoms with Gasteiger partial charge in [-0.3, -0.25) is 4.79 Å². The molecule has 0 fully saturated rings. The van der Waals surface area contributed by atoms with E-state index in [9.17, 15) is 9.59 Å². The van der Waals surface area contributed by atoms with Gasteiger partial charge in [0.1, 0.15) is 5.82 Å². The summed E-state index contributed by atoms with van der Waals surface area (Å²) in [5, 5.41) is 6.85. The molecule has 0 saturated carbocycles. The Balaban J connectivity index is 2.00. The molecule has 1 heterocycles. The SMILES string of the molecule is COc1cccc(/C=C/C(=O)O[C@@H](C)C(=O)Nc2ccnn2C(C)C)c1OC. The van der Waals surface area contributed by atoms with Crippen LogP contribution in [0.25, 0.3) is 6.08 Å². The van der Waals surface area contributed by atoms with Crippen LogP contribution >= 0.6 is 0 Å². The molecule has 2 aromatic rings. The smallest absolute Gasteiger partial charge is 0.331 e. The second-order valence-corrected chi connectivity index (χ2v) is 6.24. The fourth-order valence-electron chi connectivity index (χ4n) is 2.52. The Morgan fingerprint density at radius 2 is 1.89 bits per heavy atom. The molecule has 150 valence electrons. The Morgan fingerprint density at radius 1 is 1.14 bits per heavy atom. The lowest BCUT2D eigenvalue weighted by atomic mass is 10.1. The van der Waals surface area contributed by atoms with Gasteiger partial charge in [-0.2, -0.15) is 5.10 Å². The van der Waals surface area contributed by atoms with E-state index < -0.39 is 18.0 Å². The molecule has 8 heteroatoms. The quantitative estimate of drug-likeness (QED) is 0.553. The van der Waals surface area contributed by atoms with Crippen molar-refractivity contribution in [2.45, 2.75) is 32.9 Å². The molecule has 1 amide bonds. The molecule has 0 aliphatic heterocycles. The Bertz CT molecular complexity index is 857. The molecule has 0 bridgehead atoms. The first-order chi connectivity index (χ1) is 13.4. The van der Waals surface area contributed by atoms with Gasteiger partial charge in [-0.15, -0.1) is 0 Å². The maximum atomic E-state index is 12.3. The van der Waals surface area contributed by atoms with E-state index in [1.165, 1.54) is 27.2 Å². The number of esters is 1. The molecular formula is C20H25N3O5. The highest BCUT2D eigenvalue weighted by atomic mass is 16.5. The van der Waals surface area contributed by atoms with Gasteiger partial charge in [0.05, 0.1) is 20.4 Å². The van der Waals surface area contributed by atoms with Crippen molar-refractivity contribution in [2.75, 3.05) is 19.5 Å².